The standard InChI is InChI=1S/C17H22BrN3O3/c1-12-11-13(4-5-14(12)18)19-17(23)21-8-6-20(7-9-21)16(22)15-3-2-10-24-15/h4-5,11,15H,2-3,6-10H2,1H3,(H,19,23). The van der Waals surface area contributed by atoms with E-state index in [1.165, 1.54) is 0 Å². The second-order valence-electron chi connectivity index (χ2n) is 6.21. The lowest BCUT2D eigenvalue weighted by Gasteiger charge is -2.35. The van der Waals surface area contributed by atoms with Crippen LogP contribution >= 0.6 is 15.9 Å². The molecule has 2 aliphatic heterocycles. The van der Waals surface area contributed by atoms with Gasteiger partial charge < -0.3 is 19.9 Å². The topological polar surface area (TPSA) is 61.9 Å². The van der Waals surface area contributed by atoms with E-state index in [0.29, 0.717) is 32.8 Å². The average molecular weight is 396 g/mol. The fraction of sp³-hybridized carbons (Fsp3) is 0.529. The van der Waals surface area contributed by atoms with Crippen LogP contribution in [0.15, 0.2) is 22.7 Å². The number of nitrogens with one attached hydrogen (secondary N) is 1. The number of amides is 3. The van der Waals surface area contributed by atoms with Crippen molar-refractivity contribution >= 4 is 33.6 Å². The third-order valence-electron chi connectivity index (χ3n) is 4.49. The number of carbonyl (C=O) groups excluding carboxylic acids is 2. The van der Waals surface area contributed by atoms with Crippen LogP contribution in [0.3, 0.4) is 0 Å². The fourth-order valence-corrected chi connectivity index (χ4v) is 3.28. The van der Waals surface area contributed by atoms with Gasteiger partial charge in [0.15, 0.2) is 0 Å². The van der Waals surface area contributed by atoms with Gasteiger partial charge in [-0.1, -0.05) is 15.9 Å². The van der Waals surface area contributed by atoms with Crippen LogP contribution < -0.4 is 5.32 Å². The summed E-state index contributed by atoms with van der Waals surface area (Å²) < 4.78 is 6.47. The Hall–Kier alpha value is -1.60. The van der Waals surface area contributed by atoms with Crippen LogP contribution in [0.4, 0.5) is 10.5 Å². The molecule has 2 saturated heterocycles. The van der Waals surface area contributed by atoms with Gasteiger partial charge >= 0.3 is 6.03 Å². The van der Waals surface area contributed by atoms with E-state index in [1.807, 2.05) is 30.0 Å². The Labute approximate surface area is 150 Å². The van der Waals surface area contributed by atoms with Crippen LogP contribution in [0.25, 0.3) is 0 Å². The van der Waals surface area contributed by atoms with Crippen LogP contribution in [0.1, 0.15) is 18.4 Å². The Balaban J connectivity index is 1.51. The Kier molecular flexibility index (Phi) is 5.40. The Morgan fingerprint density at radius 2 is 1.92 bits per heavy atom. The molecule has 0 saturated carbocycles. The van der Waals surface area contributed by atoms with E-state index in [-0.39, 0.29) is 18.0 Å². The molecular formula is C17H22BrN3O3. The molecule has 0 aromatic heterocycles. The number of nitrogens with zero attached hydrogens (tertiary/aromatic N) is 2. The first kappa shape index (κ1) is 17.2. The maximum atomic E-state index is 12.4. The zero-order valence-corrected chi connectivity index (χ0v) is 15.3. The second kappa shape index (κ2) is 7.53. The largest absolute Gasteiger partial charge is 0.368 e. The molecule has 0 aliphatic carbocycles. The van der Waals surface area contributed by atoms with Crippen molar-refractivity contribution in [3.63, 3.8) is 0 Å². The van der Waals surface area contributed by atoms with Gasteiger partial charge in [-0.25, -0.2) is 4.79 Å². The molecule has 1 aromatic rings. The molecule has 0 bridgehead atoms. The van der Waals surface area contributed by atoms with E-state index in [4.69, 9.17) is 4.74 Å². The summed E-state index contributed by atoms with van der Waals surface area (Å²) in [6.45, 7) is 4.86. The molecule has 2 aliphatic rings. The lowest BCUT2D eigenvalue weighted by atomic mass is 10.2. The summed E-state index contributed by atoms with van der Waals surface area (Å²) in [5.41, 5.74) is 1.85. The first-order chi connectivity index (χ1) is 11.5. The minimum absolute atomic E-state index is 0.0658. The number of aryl methyl sites for hydroxylation is 1. The summed E-state index contributed by atoms with van der Waals surface area (Å²) in [6, 6.07) is 5.59. The van der Waals surface area contributed by atoms with E-state index in [9.17, 15) is 9.59 Å². The van der Waals surface area contributed by atoms with Crippen LogP contribution in [0, 0.1) is 6.92 Å². The van der Waals surface area contributed by atoms with Gasteiger partial charge in [-0.05, 0) is 43.5 Å². The molecule has 7 heteroatoms. The summed E-state index contributed by atoms with van der Waals surface area (Å²) in [6.07, 6.45) is 1.48. The number of anilines is 1. The van der Waals surface area contributed by atoms with Gasteiger partial charge in [0.05, 0.1) is 0 Å². The first-order valence-electron chi connectivity index (χ1n) is 8.27. The van der Waals surface area contributed by atoms with Crippen LogP contribution in [0.5, 0.6) is 0 Å². The SMILES string of the molecule is Cc1cc(NC(=O)N2CCN(C(=O)C3CCCO3)CC2)ccc1Br. The molecule has 0 spiro atoms. The van der Waals surface area contributed by atoms with Crippen molar-refractivity contribution in [2.24, 2.45) is 0 Å². The summed E-state index contributed by atoms with van der Waals surface area (Å²) in [4.78, 5) is 28.2. The average Bonchev–Trinajstić information content (AvgIpc) is 3.12. The molecule has 2 heterocycles. The first-order valence-corrected chi connectivity index (χ1v) is 9.06. The van der Waals surface area contributed by atoms with Gasteiger partial charge in [0, 0.05) is 42.9 Å². The normalized spacial score (nSPS) is 21.0. The molecule has 130 valence electrons. The highest BCUT2D eigenvalue weighted by atomic mass is 79.9. The molecule has 3 amide bonds. The predicted octanol–water partition coefficient (Wildman–Crippen LogP) is 2.61. The molecule has 0 radical (unpaired) electrons. The molecule has 1 aromatic carbocycles. The van der Waals surface area contributed by atoms with Crippen molar-refractivity contribution in [1.82, 2.24) is 9.80 Å². The van der Waals surface area contributed by atoms with Crippen molar-refractivity contribution in [2.75, 3.05) is 38.1 Å². The van der Waals surface area contributed by atoms with E-state index in [1.54, 1.807) is 4.90 Å². The Morgan fingerprint density at radius 1 is 1.21 bits per heavy atom. The molecular weight excluding hydrogens is 374 g/mol. The second-order valence-corrected chi connectivity index (χ2v) is 7.06. The van der Waals surface area contributed by atoms with Crippen molar-refractivity contribution in [2.45, 2.75) is 25.9 Å². The van der Waals surface area contributed by atoms with E-state index < -0.39 is 0 Å². The third kappa shape index (κ3) is 3.89. The summed E-state index contributed by atoms with van der Waals surface area (Å²) >= 11 is 3.45. The van der Waals surface area contributed by atoms with Gasteiger partial charge in [-0.3, -0.25) is 4.79 Å². The lowest BCUT2D eigenvalue weighted by molar-refractivity contribution is -0.142. The smallest absolute Gasteiger partial charge is 0.321 e. The Bertz CT molecular complexity index is 624. The van der Waals surface area contributed by atoms with Gasteiger partial charge in [0.2, 0.25) is 0 Å². The number of halogens is 1. The van der Waals surface area contributed by atoms with Crippen LogP contribution in [0.2, 0.25) is 0 Å². The quantitative estimate of drug-likeness (QED) is 0.836. The van der Waals surface area contributed by atoms with E-state index in [0.717, 1.165) is 28.6 Å². The van der Waals surface area contributed by atoms with E-state index in [2.05, 4.69) is 21.2 Å². The third-order valence-corrected chi connectivity index (χ3v) is 5.38. The molecule has 2 fully saturated rings. The number of piperazine rings is 1. The number of hydrogen-bond acceptors (Lipinski definition) is 3. The van der Waals surface area contributed by atoms with Gasteiger partial charge in [0.25, 0.3) is 5.91 Å². The maximum Gasteiger partial charge on any atom is 0.321 e. The molecule has 1 atom stereocenters. The molecule has 6 nitrogen and oxygen atoms in total. The predicted molar refractivity (Wildman–Crippen MR) is 95.0 cm³/mol. The minimum Gasteiger partial charge on any atom is -0.368 e. The summed E-state index contributed by atoms with van der Waals surface area (Å²) in [7, 11) is 0. The molecule has 1 unspecified atom stereocenters. The van der Waals surface area contributed by atoms with E-state index >= 15 is 0 Å². The van der Waals surface area contributed by atoms with Crippen LogP contribution in [-0.2, 0) is 9.53 Å². The van der Waals surface area contributed by atoms with Crippen molar-refractivity contribution in [1.29, 1.82) is 0 Å². The highest BCUT2D eigenvalue weighted by Crippen LogP contribution is 2.21. The summed E-state index contributed by atoms with van der Waals surface area (Å²) in [5.74, 6) is 0.0658. The van der Waals surface area contributed by atoms with Gasteiger partial charge in [-0.2, -0.15) is 0 Å². The minimum atomic E-state index is -0.281. The zero-order valence-electron chi connectivity index (χ0n) is 13.8. The van der Waals surface area contributed by atoms with Crippen molar-refractivity contribution < 1.29 is 14.3 Å². The molecule has 1 N–H and O–H groups in total. The highest BCUT2D eigenvalue weighted by molar-refractivity contribution is 9.10. The maximum absolute atomic E-state index is 12.4. The number of benzene rings is 1. The van der Waals surface area contributed by atoms with Crippen molar-refractivity contribution in [3.05, 3.63) is 28.2 Å². The zero-order chi connectivity index (χ0) is 17.1. The van der Waals surface area contributed by atoms with Gasteiger partial charge in [-0.15, -0.1) is 0 Å². The van der Waals surface area contributed by atoms with Gasteiger partial charge in [0.1, 0.15) is 6.10 Å². The number of hydrogen-bond donors (Lipinski definition) is 1. The fourth-order valence-electron chi connectivity index (χ4n) is 3.03. The van der Waals surface area contributed by atoms with Crippen molar-refractivity contribution in [3.8, 4) is 0 Å². The molecule has 24 heavy (non-hydrogen) atoms. The molecule has 3 rings (SSSR count). The number of rotatable bonds is 2. The number of urea groups is 1. The number of ether oxygens (including phenoxy) is 1. The summed E-state index contributed by atoms with van der Waals surface area (Å²) in [5, 5.41) is 2.92. The highest BCUT2D eigenvalue weighted by Gasteiger charge is 2.31. The lowest BCUT2D eigenvalue weighted by Crippen LogP contribution is -2.53. The Morgan fingerprint density at radius 3 is 2.54 bits per heavy atom. The van der Waals surface area contributed by atoms with Crippen LogP contribution in [-0.4, -0.2) is 60.6 Å². The monoisotopic (exact) mass is 395 g/mol. The number of carbonyl (C=O) groups is 2.